The Morgan fingerprint density at radius 2 is 2.00 bits per heavy atom. The zero-order valence-corrected chi connectivity index (χ0v) is 10.7. The van der Waals surface area contributed by atoms with Crippen LogP contribution in [-0.4, -0.2) is 12.5 Å². The number of hydrogen-bond donors (Lipinski definition) is 0. The Morgan fingerprint density at radius 1 is 1.38 bits per heavy atom. The van der Waals surface area contributed by atoms with E-state index in [1.54, 1.807) is 13.8 Å². The Balaban J connectivity index is 0.00000225. The Bertz CT molecular complexity index is 371. The molecule has 1 amide bonds. The number of hydrogen-bond acceptors (Lipinski definition) is 1. The second kappa shape index (κ2) is 6.76. The van der Waals surface area contributed by atoms with Crippen LogP contribution in [0, 0.1) is 17.7 Å². The van der Waals surface area contributed by atoms with Crippen molar-refractivity contribution in [3.63, 3.8) is 0 Å². The van der Waals surface area contributed by atoms with E-state index < -0.39 is 11.6 Å². The molecule has 0 aromatic heterocycles. The molecular formula is C11H12F2NOTi. The van der Waals surface area contributed by atoms with Gasteiger partial charge < -0.3 is 4.90 Å². The summed E-state index contributed by atoms with van der Waals surface area (Å²) in [4.78, 5) is 12.7. The molecule has 16 heavy (non-hydrogen) atoms. The number of carbonyl (C=O) groups excluding carboxylic acids is 1. The maximum absolute atomic E-state index is 13.3. The van der Waals surface area contributed by atoms with Gasteiger partial charge in [-0.25, -0.2) is 8.78 Å². The molecule has 0 aliphatic heterocycles. The summed E-state index contributed by atoms with van der Waals surface area (Å²) in [5.74, 6) is -1.80. The summed E-state index contributed by atoms with van der Waals surface area (Å²) in [5, 5.41) is 0. The first-order chi connectivity index (χ1) is 7.10. The molecule has 2 nitrogen and oxygen atoms in total. The van der Waals surface area contributed by atoms with E-state index in [-0.39, 0.29) is 39.7 Å². The molecule has 1 aromatic carbocycles. The molecule has 0 N–H and O–H groups in total. The normalized spacial score (nSPS) is 9.50. The molecule has 0 fully saturated rings. The zero-order chi connectivity index (χ0) is 11.4. The topological polar surface area (TPSA) is 20.3 Å². The summed E-state index contributed by atoms with van der Waals surface area (Å²) < 4.78 is 25.9. The van der Waals surface area contributed by atoms with Gasteiger partial charge >= 0.3 is 0 Å². The molecule has 0 aliphatic carbocycles. The van der Waals surface area contributed by atoms with Crippen LogP contribution >= 0.6 is 0 Å². The van der Waals surface area contributed by atoms with Gasteiger partial charge in [0.05, 0.1) is 11.8 Å². The minimum absolute atomic E-state index is 0. The van der Waals surface area contributed by atoms with E-state index >= 15 is 0 Å². The van der Waals surface area contributed by atoms with Crippen molar-refractivity contribution in [3.05, 3.63) is 29.8 Å². The monoisotopic (exact) mass is 260 g/mol. The quantitative estimate of drug-likeness (QED) is 0.765. The predicted octanol–water partition coefficient (Wildman–Crippen LogP) is 2.53. The maximum atomic E-state index is 13.3. The summed E-state index contributed by atoms with van der Waals surface area (Å²) >= 11 is 0. The van der Waals surface area contributed by atoms with Crippen LogP contribution in [-0.2, 0) is 26.5 Å². The summed E-state index contributed by atoms with van der Waals surface area (Å²) in [6.07, 6.45) is 0.282. The van der Waals surface area contributed by atoms with Gasteiger partial charge in [0, 0.05) is 34.7 Å². The van der Waals surface area contributed by atoms with Crippen molar-refractivity contribution in [2.45, 2.75) is 20.3 Å². The molecule has 0 saturated carbocycles. The Labute approximate surface area is 109 Å². The Hall–Kier alpha value is -0.736. The van der Waals surface area contributed by atoms with Crippen LogP contribution in [0.25, 0.3) is 0 Å². The molecule has 1 radical (unpaired) electrons. The molecule has 0 spiro atoms. The number of amides is 1. The van der Waals surface area contributed by atoms with E-state index in [2.05, 4.69) is 0 Å². The third-order valence-corrected chi connectivity index (χ3v) is 2.05. The molecule has 0 bridgehead atoms. The first-order valence-electron chi connectivity index (χ1n) is 4.77. The second-order valence-corrected chi connectivity index (χ2v) is 3.00. The first kappa shape index (κ1) is 15.3. The number of carbonyl (C=O) groups is 1. The molecule has 1 rings (SSSR count). The average Bonchev–Trinajstić information content (AvgIpc) is 2.21. The predicted molar refractivity (Wildman–Crippen MR) is 53.5 cm³/mol. The van der Waals surface area contributed by atoms with Crippen molar-refractivity contribution < 1.29 is 35.3 Å². The van der Waals surface area contributed by atoms with E-state index in [0.29, 0.717) is 6.54 Å². The fourth-order valence-electron chi connectivity index (χ4n) is 1.32. The van der Waals surface area contributed by atoms with Crippen LogP contribution in [0.15, 0.2) is 12.1 Å². The van der Waals surface area contributed by atoms with Crippen LogP contribution in [0.1, 0.15) is 20.3 Å². The average molecular weight is 260 g/mol. The smallest absolute Gasteiger partial charge is 0.226 e. The number of halogens is 2. The van der Waals surface area contributed by atoms with E-state index in [4.69, 9.17) is 0 Å². The summed E-state index contributed by atoms with van der Waals surface area (Å²) in [7, 11) is 0. The minimum atomic E-state index is -0.835. The Kier molecular flexibility index (Phi) is 6.45. The van der Waals surface area contributed by atoms with Crippen molar-refractivity contribution in [2.75, 3.05) is 11.4 Å². The SMILES string of the molecule is CCC(=O)N(CC)c1ccc(F)[c]c1F.[Ti]. The molecule has 5 heteroatoms. The third kappa shape index (κ3) is 3.39. The van der Waals surface area contributed by atoms with Crippen molar-refractivity contribution in [1.82, 2.24) is 0 Å². The molecule has 1 aromatic rings. The van der Waals surface area contributed by atoms with Crippen LogP contribution in [0.4, 0.5) is 14.5 Å². The van der Waals surface area contributed by atoms with Crippen LogP contribution < -0.4 is 4.90 Å². The number of nitrogens with zero attached hydrogens (tertiary/aromatic N) is 1. The minimum Gasteiger partial charge on any atom is -0.310 e. The summed E-state index contributed by atoms with van der Waals surface area (Å²) in [6, 6.07) is 4.24. The van der Waals surface area contributed by atoms with Crippen molar-refractivity contribution in [3.8, 4) is 0 Å². The van der Waals surface area contributed by atoms with Crippen molar-refractivity contribution in [2.24, 2.45) is 0 Å². The zero-order valence-electron chi connectivity index (χ0n) is 9.18. The van der Waals surface area contributed by atoms with Gasteiger partial charge in [0.15, 0.2) is 5.82 Å². The van der Waals surface area contributed by atoms with Gasteiger partial charge in [0.1, 0.15) is 5.82 Å². The molecule has 0 atom stereocenters. The van der Waals surface area contributed by atoms with Crippen LogP contribution in [0.2, 0.25) is 0 Å². The maximum Gasteiger partial charge on any atom is 0.226 e. The number of anilines is 1. The molecule has 0 aliphatic rings. The van der Waals surface area contributed by atoms with Gasteiger partial charge in [-0.1, -0.05) is 6.92 Å². The second-order valence-electron chi connectivity index (χ2n) is 3.00. The number of benzene rings is 1. The molecule has 0 unspecified atom stereocenters. The van der Waals surface area contributed by atoms with Gasteiger partial charge in [-0.3, -0.25) is 4.79 Å². The molecule has 0 saturated heterocycles. The van der Waals surface area contributed by atoms with Gasteiger partial charge in [-0.15, -0.1) is 0 Å². The van der Waals surface area contributed by atoms with Crippen LogP contribution in [0.3, 0.4) is 0 Å². The van der Waals surface area contributed by atoms with Crippen LogP contribution in [0.5, 0.6) is 0 Å². The van der Waals surface area contributed by atoms with Crippen molar-refractivity contribution in [1.29, 1.82) is 0 Å². The van der Waals surface area contributed by atoms with Gasteiger partial charge in [-0.05, 0) is 19.1 Å². The van der Waals surface area contributed by atoms with Gasteiger partial charge in [0.25, 0.3) is 0 Å². The van der Waals surface area contributed by atoms with E-state index in [1.807, 2.05) is 6.07 Å². The Morgan fingerprint density at radius 3 is 2.44 bits per heavy atom. The third-order valence-electron chi connectivity index (χ3n) is 2.05. The van der Waals surface area contributed by atoms with E-state index in [9.17, 15) is 13.6 Å². The standard InChI is InChI=1S/C11H12F2NO.Ti/c1-3-11(15)14(4-2)10-6-5-8(12)7-9(10)13;/h5-6H,3-4H2,1-2H3;. The first-order valence-corrected chi connectivity index (χ1v) is 4.77. The summed E-state index contributed by atoms with van der Waals surface area (Å²) in [6.45, 7) is 3.77. The van der Waals surface area contributed by atoms with Gasteiger partial charge in [-0.2, -0.15) is 0 Å². The van der Waals surface area contributed by atoms with E-state index in [0.717, 1.165) is 6.07 Å². The summed E-state index contributed by atoms with van der Waals surface area (Å²) in [5.41, 5.74) is 0.0748. The van der Waals surface area contributed by atoms with Crippen molar-refractivity contribution >= 4 is 11.6 Å². The van der Waals surface area contributed by atoms with Gasteiger partial charge in [0.2, 0.25) is 5.91 Å². The largest absolute Gasteiger partial charge is 0.310 e. The molecular weight excluding hydrogens is 248 g/mol. The fourth-order valence-corrected chi connectivity index (χ4v) is 1.32. The number of rotatable bonds is 3. The fraction of sp³-hybridized carbons (Fsp3) is 0.364. The molecule has 85 valence electrons. The van der Waals surface area contributed by atoms with E-state index in [1.165, 1.54) is 11.0 Å². The molecule has 0 heterocycles.